The monoisotopic (exact) mass is 421 g/mol. The first-order chi connectivity index (χ1) is 14.2. The Bertz CT molecular complexity index is 902. The second-order valence-electron chi connectivity index (χ2n) is 7.20. The molecule has 1 nitrogen and oxygen atoms in total. The van der Waals surface area contributed by atoms with Crippen molar-refractivity contribution in [2.75, 3.05) is 32.3 Å². The molecule has 0 saturated heterocycles. The molecule has 3 aromatic carbocycles. The fourth-order valence-electron chi connectivity index (χ4n) is 3.33. The minimum Gasteiger partial charge on any atom is -0.309 e. The molecular formula is C26H28ClNS. The van der Waals surface area contributed by atoms with Crippen molar-refractivity contribution in [1.82, 2.24) is 4.90 Å². The second kappa shape index (κ2) is 11.3. The molecule has 3 rings (SSSR count). The van der Waals surface area contributed by atoms with Crippen LogP contribution in [-0.2, 0) is 0 Å². The van der Waals surface area contributed by atoms with E-state index in [1.165, 1.54) is 32.7 Å². The standard InChI is InChI=1S/C26H28ClNS/c1-28(2)19-20-29-24-15-13-23(14-16-24)26(22-11-7-4-8-12-22)25(17-18-27)21-9-5-3-6-10-21/h3-16H,17-20H2,1-2H3/b26-25-. The third-order valence-corrected chi connectivity index (χ3v) is 5.96. The molecule has 0 bridgehead atoms. The lowest BCUT2D eigenvalue weighted by atomic mass is 9.88. The van der Waals surface area contributed by atoms with E-state index < -0.39 is 0 Å². The number of thioether (sulfide) groups is 1. The molecular weight excluding hydrogens is 394 g/mol. The number of halogens is 1. The first-order valence-corrected chi connectivity index (χ1v) is 11.5. The zero-order chi connectivity index (χ0) is 20.5. The third-order valence-electron chi connectivity index (χ3n) is 4.78. The summed E-state index contributed by atoms with van der Waals surface area (Å²) in [6, 6.07) is 30.2. The molecule has 0 unspecified atom stereocenters. The van der Waals surface area contributed by atoms with Crippen LogP contribution in [0, 0.1) is 0 Å². The van der Waals surface area contributed by atoms with Gasteiger partial charge in [0.25, 0.3) is 0 Å². The summed E-state index contributed by atoms with van der Waals surface area (Å²) in [6.07, 6.45) is 0.829. The van der Waals surface area contributed by atoms with Gasteiger partial charge in [0.2, 0.25) is 0 Å². The minimum atomic E-state index is 0.596. The van der Waals surface area contributed by atoms with Crippen LogP contribution in [0.2, 0.25) is 0 Å². The number of benzene rings is 3. The van der Waals surface area contributed by atoms with E-state index in [9.17, 15) is 0 Å². The number of hydrogen-bond donors (Lipinski definition) is 0. The van der Waals surface area contributed by atoms with E-state index in [0.29, 0.717) is 5.88 Å². The van der Waals surface area contributed by atoms with Crippen LogP contribution in [0.3, 0.4) is 0 Å². The highest BCUT2D eigenvalue weighted by Gasteiger charge is 2.14. The lowest BCUT2D eigenvalue weighted by Gasteiger charge is -2.17. The number of rotatable bonds is 9. The predicted molar refractivity (Wildman–Crippen MR) is 130 cm³/mol. The SMILES string of the molecule is CN(C)CCSc1ccc(/C(=C(/CCCl)c2ccccc2)c2ccccc2)cc1. The van der Waals surface area contributed by atoms with Gasteiger partial charge in [-0.1, -0.05) is 72.8 Å². The number of allylic oxidation sites excluding steroid dienone is 1. The van der Waals surface area contributed by atoms with Crippen molar-refractivity contribution in [3.05, 3.63) is 102 Å². The van der Waals surface area contributed by atoms with E-state index in [0.717, 1.165) is 18.7 Å². The smallest absolute Gasteiger partial charge is 0.0264 e. The van der Waals surface area contributed by atoms with Gasteiger partial charge in [-0.3, -0.25) is 0 Å². The largest absolute Gasteiger partial charge is 0.309 e. The number of alkyl halides is 1. The molecule has 0 aliphatic rings. The highest BCUT2D eigenvalue weighted by molar-refractivity contribution is 7.99. The summed E-state index contributed by atoms with van der Waals surface area (Å²) in [6.45, 7) is 1.08. The number of nitrogens with zero attached hydrogens (tertiary/aromatic N) is 1. The maximum absolute atomic E-state index is 6.23. The van der Waals surface area contributed by atoms with Crippen molar-refractivity contribution >= 4 is 34.5 Å². The molecule has 29 heavy (non-hydrogen) atoms. The van der Waals surface area contributed by atoms with Crippen LogP contribution in [0.25, 0.3) is 11.1 Å². The summed E-state index contributed by atoms with van der Waals surface area (Å²) in [4.78, 5) is 3.53. The summed E-state index contributed by atoms with van der Waals surface area (Å²) in [5.74, 6) is 1.69. The third kappa shape index (κ3) is 6.24. The van der Waals surface area contributed by atoms with Gasteiger partial charge in [0, 0.05) is 23.1 Å². The molecule has 0 aliphatic carbocycles. The normalized spacial score (nSPS) is 12.1. The van der Waals surface area contributed by atoms with E-state index in [1.54, 1.807) is 0 Å². The highest BCUT2D eigenvalue weighted by atomic mass is 35.5. The zero-order valence-corrected chi connectivity index (χ0v) is 18.7. The summed E-state index contributed by atoms with van der Waals surface area (Å²) in [7, 11) is 4.23. The molecule has 0 fully saturated rings. The van der Waals surface area contributed by atoms with Gasteiger partial charge >= 0.3 is 0 Å². The Balaban J connectivity index is 2.02. The molecule has 0 N–H and O–H groups in total. The van der Waals surface area contributed by atoms with Gasteiger partial charge < -0.3 is 4.90 Å². The molecule has 0 aliphatic heterocycles. The van der Waals surface area contributed by atoms with E-state index in [4.69, 9.17) is 11.6 Å². The van der Waals surface area contributed by atoms with E-state index in [1.807, 2.05) is 11.8 Å². The average molecular weight is 422 g/mol. The maximum atomic E-state index is 6.23. The first kappa shape index (κ1) is 21.7. The Kier molecular flexibility index (Phi) is 8.42. The van der Waals surface area contributed by atoms with E-state index >= 15 is 0 Å². The lowest BCUT2D eigenvalue weighted by Crippen LogP contribution is -2.14. The maximum Gasteiger partial charge on any atom is 0.0264 e. The molecule has 0 aromatic heterocycles. The van der Waals surface area contributed by atoms with Crippen molar-refractivity contribution < 1.29 is 0 Å². The average Bonchev–Trinajstić information content (AvgIpc) is 2.75. The molecule has 0 amide bonds. The van der Waals surface area contributed by atoms with Crippen LogP contribution in [0.1, 0.15) is 23.1 Å². The summed E-state index contributed by atoms with van der Waals surface area (Å²) < 4.78 is 0. The Morgan fingerprint density at radius 2 is 1.31 bits per heavy atom. The van der Waals surface area contributed by atoms with Crippen LogP contribution < -0.4 is 0 Å². The van der Waals surface area contributed by atoms with Crippen molar-refractivity contribution in [2.45, 2.75) is 11.3 Å². The topological polar surface area (TPSA) is 3.24 Å². The van der Waals surface area contributed by atoms with Crippen LogP contribution in [0.5, 0.6) is 0 Å². The van der Waals surface area contributed by atoms with Crippen molar-refractivity contribution in [2.24, 2.45) is 0 Å². The van der Waals surface area contributed by atoms with Crippen molar-refractivity contribution in [1.29, 1.82) is 0 Å². The van der Waals surface area contributed by atoms with Crippen LogP contribution in [0.15, 0.2) is 89.8 Å². The minimum absolute atomic E-state index is 0.596. The Morgan fingerprint density at radius 3 is 1.86 bits per heavy atom. The molecule has 3 aromatic rings. The molecule has 3 heteroatoms. The van der Waals surface area contributed by atoms with Crippen molar-refractivity contribution in [3.8, 4) is 0 Å². The van der Waals surface area contributed by atoms with Gasteiger partial charge in [0.05, 0.1) is 0 Å². The summed E-state index contributed by atoms with van der Waals surface area (Å²) >= 11 is 8.13. The molecule has 0 saturated carbocycles. The molecule has 0 atom stereocenters. The van der Waals surface area contributed by atoms with Crippen LogP contribution >= 0.6 is 23.4 Å². The van der Waals surface area contributed by atoms with Gasteiger partial charge in [-0.25, -0.2) is 0 Å². The Hall–Kier alpha value is -2.00. The Morgan fingerprint density at radius 1 is 0.759 bits per heavy atom. The van der Waals surface area contributed by atoms with Gasteiger partial charge in [0.1, 0.15) is 0 Å². The van der Waals surface area contributed by atoms with Crippen molar-refractivity contribution in [3.63, 3.8) is 0 Å². The predicted octanol–water partition coefficient (Wildman–Crippen LogP) is 6.93. The number of hydrogen-bond acceptors (Lipinski definition) is 2. The quantitative estimate of drug-likeness (QED) is 0.209. The summed E-state index contributed by atoms with van der Waals surface area (Å²) in [5.41, 5.74) is 6.25. The van der Waals surface area contributed by atoms with Gasteiger partial charge in [-0.05, 0) is 60.5 Å². The fourth-order valence-corrected chi connectivity index (χ4v) is 4.54. The zero-order valence-electron chi connectivity index (χ0n) is 17.1. The lowest BCUT2D eigenvalue weighted by molar-refractivity contribution is 0.437. The molecule has 0 radical (unpaired) electrons. The summed E-state index contributed by atoms with van der Waals surface area (Å²) in [5, 5.41) is 0. The first-order valence-electron chi connectivity index (χ1n) is 9.97. The second-order valence-corrected chi connectivity index (χ2v) is 8.75. The van der Waals surface area contributed by atoms with Crippen LogP contribution in [0.4, 0.5) is 0 Å². The molecule has 0 heterocycles. The van der Waals surface area contributed by atoms with Gasteiger partial charge in [-0.2, -0.15) is 0 Å². The van der Waals surface area contributed by atoms with E-state index in [-0.39, 0.29) is 0 Å². The van der Waals surface area contributed by atoms with Gasteiger partial charge in [-0.15, -0.1) is 23.4 Å². The molecule has 150 valence electrons. The fraction of sp³-hybridized carbons (Fsp3) is 0.231. The van der Waals surface area contributed by atoms with Gasteiger partial charge in [0.15, 0.2) is 0 Å². The van der Waals surface area contributed by atoms with E-state index in [2.05, 4.69) is 104 Å². The van der Waals surface area contributed by atoms with Crippen LogP contribution in [-0.4, -0.2) is 37.2 Å². The molecule has 0 spiro atoms. The highest BCUT2D eigenvalue weighted by Crippen LogP contribution is 2.35. The Labute approximate surface area is 184 Å².